The summed E-state index contributed by atoms with van der Waals surface area (Å²) in [7, 11) is 0. The summed E-state index contributed by atoms with van der Waals surface area (Å²) in [5, 5.41) is 10.1. The number of fused-ring (bicyclic) bond motifs is 19. The van der Waals surface area contributed by atoms with E-state index in [1.54, 1.807) is 0 Å². The van der Waals surface area contributed by atoms with Gasteiger partial charge in [-0.25, -0.2) is 0 Å². The Bertz CT molecular complexity index is 4560. The number of hydrogen-bond donors (Lipinski definition) is 0. The molecule has 0 saturated heterocycles. The third kappa shape index (κ3) is 5.97. The highest BCUT2D eigenvalue weighted by atomic mass is 15.1. The van der Waals surface area contributed by atoms with Gasteiger partial charge in [-0.05, 0) is 160 Å². The third-order valence-corrected chi connectivity index (χ3v) is 16.6. The van der Waals surface area contributed by atoms with Crippen LogP contribution in [0, 0.1) is 0 Å². The van der Waals surface area contributed by atoms with Gasteiger partial charge >= 0.3 is 0 Å². The first-order valence-electron chi connectivity index (χ1n) is 26.1. The molecule has 0 N–H and O–H groups in total. The molecule has 1 aromatic heterocycles. The number of aromatic nitrogens is 1. The van der Waals surface area contributed by atoms with Gasteiger partial charge in [0.2, 0.25) is 0 Å². The quantitative estimate of drug-likeness (QED) is 0.151. The minimum Gasteiger partial charge on any atom is -0.310 e. The Kier molecular flexibility index (Phi) is 8.99. The molecule has 14 aromatic rings. The summed E-state index contributed by atoms with van der Waals surface area (Å²) in [4.78, 5) is 2.47. The Balaban J connectivity index is 0.841. The van der Waals surface area contributed by atoms with Crippen molar-refractivity contribution in [1.82, 2.24) is 4.57 Å². The first kappa shape index (κ1) is 41.8. The van der Waals surface area contributed by atoms with Crippen molar-refractivity contribution in [3.63, 3.8) is 0 Å². The topological polar surface area (TPSA) is 8.17 Å². The molecular weight excluding hydrogens is 905 g/mol. The molecule has 348 valence electrons. The van der Waals surface area contributed by atoms with Crippen molar-refractivity contribution in [3.05, 3.63) is 301 Å². The Morgan fingerprint density at radius 1 is 0.253 bits per heavy atom. The van der Waals surface area contributed by atoms with Crippen LogP contribution in [0.4, 0.5) is 17.1 Å². The standard InChI is InChI=1S/C73H46N2/c1-2-17-50(18-3-1)75-70-31-15-11-26-63(70)72-54(27-16-32-71(72)75)49-35-33-47(34-36-49)48-37-39-51(40-38-48)74(52-41-43-59-57-21-5-4-19-55(57)56-20-6-7-22-58(56)64(59)45-52)53-42-44-69-65(46-53)62-25-10-14-30-68(62)73(69)66-28-12-8-23-60(66)61-24-9-13-29-67(61)73/h1-46H. The van der Waals surface area contributed by atoms with Gasteiger partial charge in [-0.15, -0.1) is 0 Å². The predicted molar refractivity (Wildman–Crippen MR) is 315 cm³/mol. The molecule has 16 rings (SSSR count). The molecule has 2 aliphatic rings. The van der Waals surface area contributed by atoms with Gasteiger partial charge in [-0.1, -0.05) is 218 Å². The summed E-state index contributed by atoms with van der Waals surface area (Å²) in [6.07, 6.45) is 0. The zero-order valence-corrected chi connectivity index (χ0v) is 41.0. The number of hydrogen-bond acceptors (Lipinski definition) is 1. The minimum atomic E-state index is -0.407. The largest absolute Gasteiger partial charge is 0.310 e. The molecule has 0 unspecified atom stereocenters. The van der Waals surface area contributed by atoms with E-state index in [0.717, 1.165) is 22.7 Å². The summed E-state index contributed by atoms with van der Waals surface area (Å²) in [6.45, 7) is 0. The molecule has 1 heterocycles. The maximum absolute atomic E-state index is 2.47. The summed E-state index contributed by atoms with van der Waals surface area (Å²) >= 11 is 0. The first-order chi connectivity index (χ1) is 37.2. The van der Waals surface area contributed by atoms with Gasteiger partial charge in [0.05, 0.1) is 16.4 Å². The molecule has 2 nitrogen and oxygen atoms in total. The fraction of sp³-hybridized carbons (Fsp3) is 0.0137. The lowest BCUT2D eigenvalue weighted by atomic mass is 9.70. The van der Waals surface area contributed by atoms with Crippen LogP contribution in [0.25, 0.3) is 104 Å². The Morgan fingerprint density at radius 3 is 1.32 bits per heavy atom. The second kappa shape index (κ2) is 16.1. The van der Waals surface area contributed by atoms with Gasteiger partial charge in [-0.3, -0.25) is 0 Å². The van der Waals surface area contributed by atoms with Crippen molar-refractivity contribution in [2.75, 3.05) is 4.90 Å². The van der Waals surface area contributed by atoms with Crippen molar-refractivity contribution in [3.8, 4) is 50.2 Å². The van der Waals surface area contributed by atoms with Gasteiger partial charge in [0.15, 0.2) is 0 Å². The molecule has 75 heavy (non-hydrogen) atoms. The maximum Gasteiger partial charge on any atom is 0.0725 e. The minimum absolute atomic E-state index is 0.407. The molecule has 0 atom stereocenters. The average molecular weight is 951 g/mol. The second-order valence-corrected chi connectivity index (χ2v) is 20.3. The number of para-hydroxylation sites is 2. The van der Waals surface area contributed by atoms with E-state index in [9.17, 15) is 0 Å². The molecule has 2 heteroatoms. The average Bonchev–Trinajstić information content (AvgIpc) is 4.18. The predicted octanol–water partition coefficient (Wildman–Crippen LogP) is 19.4. The number of rotatable bonds is 6. The van der Waals surface area contributed by atoms with Crippen LogP contribution >= 0.6 is 0 Å². The molecule has 13 aromatic carbocycles. The lowest BCUT2D eigenvalue weighted by Gasteiger charge is -2.31. The zero-order valence-electron chi connectivity index (χ0n) is 41.0. The van der Waals surface area contributed by atoms with Gasteiger partial charge in [0, 0.05) is 33.5 Å². The SMILES string of the molecule is c1ccc(-n2c3ccccc3c3c(-c4ccc(-c5ccc(N(c6ccc7c(c6)-c6ccccc6C76c7ccccc7-c7ccccc76)c6ccc7c8ccccc8c8ccccc8c7c6)cc5)cc4)cccc32)cc1. The van der Waals surface area contributed by atoms with Crippen LogP contribution in [0.15, 0.2) is 279 Å². The van der Waals surface area contributed by atoms with E-state index in [4.69, 9.17) is 0 Å². The van der Waals surface area contributed by atoms with Crippen LogP contribution in [0.3, 0.4) is 0 Å². The smallest absolute Gasteiger partial charge is 0.0725 e. The van der Waals surface area contributed by atoms with Crippen molar-refractivity contribution < 1.29 is 0 Å². The van der Waals surface area contributed by atoms with Crippen molar-refractivity contribution in [1.29, 1.82) is 0 Å². The number of anilines is 3. The monoisotopic (exact) mass is 950 g/mol. The number of benzene rings is 13. The van der Waals surface area contributed by atoms with Crippen LogP contribution in [0.2, 0.25) is 0 Å². The van der Waals surface area contributed by atoms with Gasteiger partial charge < -0.3 is 9.47 Å². The molecule has 0 saturated carbocycles. The number of nitrogens with zero attached hydrogens (tertiary/aromatic N) is 2. The van der Waals surface area contributed by atoms with Crippen molar-refractivity contribution in [2.24, 2.45) is 0 Å². The van der Waals surface area contributed by atoms with E-state index < -0.39 is 5.41 Å². The van der Waals surface area contributed by atoms with E-state index in [-0.39, 0.29) is 0 Å². The summed E-state index contributed by atoms with van der Waals surface area (Å²) in [5.41, 5.74) is 21.8. The zero-order chi connectivity index (χ0) is 49.2. The first-order valence-corrected chi connectivity index (χ1v) is 26.1. The van der Waals surface area contributed by atoms with Crippen LogP contribution in [-0.2, 0) is 5.41 Å². The van der Waals surface area contributed by atoms with Gasteiger partial charge in [0.1, 0.15) is 0 Å². The van der Waals surface area contributed by atoms with Crippen LogP contribution in [0.1, 0.15) is 22.3 Å². The highest BCUT2D eigenvalue weighted by Gasteiger charge is 2.51. The van der Waals surface area contributed by atoms with Crippen molar-refractivity contribution in [2.45, 2.75) is 5.41 Å². The van der Waals surface area contributed by atoms with Crippen LogP contribution in [0.5, 0.6) is 0 Å². The maximum atomic E-state index is 2.47. The fourth-order valence-corrected chi connectivity index (χ4v) is 13.5. The summed E-state index contributed by atoms with van der Waals surface area (Å²) < 4.78 is 2.39. The highest BCUT2D eigenvalue weighted by Crippen LogP contribution is 2.63. The Morgan fingerprint density at radius 2 is 0.680 bits per heavy atom. The summed E-state index contributed by atoms with van der Waals surface area (Å²) in [5.74, 6) is 0. The fourth-order valence-electron chi connectivity index (χ4n) is 13.5. The van der Waals surface area contributed by atoms with E-state index in [2.05, 4.69) is 289 Å². The Labute approximate surface area is 435 Å². The molecule has 2 aliphatic carbocycles. The molecule has 0 fully saturated rings. The second-order valence-electron chi connectivity index (χ2n) is 20.3. The molecule has 0 radical (unpaired) electrons. The lowest BCUT2D eigenvalue weighted by Crippen LogP contribution is -2.25. The highest BCUT2D eigenvalue weighted by molar-refractivity contribution is 6.26. The van der Waals surface area contributed by atoms with Crippen LogP contribution < -0.4 is 4.90 Å². The lowest BCUT2D eigenvalue weighted by molar-refractivity contribution is 0.794. The van der Waals surface area contributed by atoms with Crippen molar-refractivity contribution >= 4 is 71.2 Å². The summed E-state index contributed by atoms with van der Waals surface area (Å²) in [6, 6.07) is 104. The molecule has 0 aliphatic heterocycles. The molecule has 0 bridgehead atoms. The van der Waals surface area contributed by atoms with Gasteiger partial charge in [-0.2, -0.15) is 0 Å². The molecule has 0 amide bonds. The Hall–Kier alpha value is -9.76. The molecular formula is C73H46N2. The van der Waals surface area contributed by atoms with E-state index in [0.29, 0.717) is 0 Å². The van der Waals surface area contributed by atoms with Gasteiger partial charge in [0.25, 0.3) is 0 Å². The normalized spacial score (nSPS) is 12.9. The van der Waals surface area contributed by atoms with E-state index in [1.165, 1.54) is 121 Å². The third-order valence-electron chi connectivity index (χ3n) is 16.6. The van der Waals surface area contributed by atoms with Crippen LogP contribution in [-0.4, -0.2) is 4.57 Å². The van der Waals surface area contributed by atoms with E-state index >= 15 is 0 Å². The molecule has 1 spiro atoms. The van der Waals surface area contributed by atoms with E-state index in [1.807, 2.05) is 0 Å².